The number of hydrogen-bond donors (Lipinski definition) is 1. The van der Waals surface area contributed by atoms with Crippen LogP contribution in [0.4, 0.5) is 0 Å². The molecule has 0 aliphatic heterocycles. The number of rotatable bonds is 8. The number of hydrogen-bond acceptors (Lipinski definition) is 4. The van der Waals surface area contributed by atoms with Crippen molar-refractivity contribution in [1.29, 1.82) is 0 Å². The van der Waals surface area contributed by atoms with Crippen molar-refractivity contribution in [3.05, 3.63) is 48.4 Å². The molecule has 3 nitrogen and oxygen atoms in total. The zero-order chi connectivity index (χ0) is 15.1. The lowest BCUT2D eigenvalue weighted by molar-refractivity contribution is 0.425. The summed E-state index contributed by atoms with van der Waals surface area (Å²) in [5, 5.41) is 4.81. The lowest BCUT2D eigenvalue weighted by Crippen LogP contribution is -2.33. The minimum atomic E-state index is 0.294. The van der Waals surface area contributed by atoms with Crippen LogP contribution in [0, 0.1) is 5.92 Å². The van der Waals surface area contributed by atoms with Gasteiger partial charge in [-0.25, -0.2) is 4.98 Å². The molecule has 0 fully saturated rings. The molecular weight excluding hydrogens is 280 g/mol. The van der Waals surface area contributed by atoms with Crippen LogP contribution < -0.4 is 5.32 Å². The van der Waals surface area contributed by atoms with Gasteiger partial charge >= 0.3 is 0 Å². The molecule has 1 aromatic carbocycles. The first-order valence-corrected chi connectivity index (χ1v) is 8.44. The van der Waals surface area contributed by atoms with E-state index in [9.17, 15) is 0 Å². The van der Waals surface area contributed by atoms with E-state index >= 15 is 0 Å². The van der Waals surface area contributed by atoms with Crippen molar-refractivity contribution in [2.75, 3.05) is 6.54 Å². The summed E-state index contributed by atoms with van der Waals surface area (Å²) >= 11 is 1.72. The maximum absolute atomic E-state index is 5.43. The normalized spacial score (nSPS) is 14.3. The molecule has 1 N–H and O–H groups in total. The van der Waals surface area contributed by atoms with E-state index in [1.807, 2.05) is 0 Å². The van der Waals surface area contributed by atoms with Gasteiger partial charge in [-0.1, -0.05) is 62.9 Å². The Morgan fingerprint density at radius 1 is 1.24 bits per heavy atom. The Morgan fingerprint density at radius 2 is 2.00 bits per heavy atom. The van der Waals surface area contributed by atoms with Crippen molar-refractivity contribution in [2.24, 2.45) is 5.92 Å². The fraction of sp³-hybridized carbons (Fsp3) is 0.471. The summed E-state index contributed by atoms with van der Waals surface area (Å²) in [5.74, 6) is 0.511. The molecule has 1 aromatic heterocycles. The number of nitrogens with zero attached hydrogens (tertiary/aromatic N) is 1. The summed E-state index contributed by atoms with van der Waals surface area (Å²) < 4.78 is 5.43. The highest BCUT2D eigenvalue weighted by Gasteiger charge is 2.28. The molecule has 0 aliphatic carbocycles. The first-order chi connectivity index (χ1) is 10.2. The van der Waals surface area contributed by atoms with E-state index in [1.165, 1.54) is 5.56 Å². The molecule has 21 heavy (non-hydrogen) atoms. The first kappa shape index (κ1) is 16.1. The van der Waals surface area contributed by atoms with E-state index in [4.69, 9.17) is 4.42 Å². The van der Waals surface area contributed by atoms with Gasteiger partial charge in [0.15, 0.2) is 0 Å². The van der Waals surface area contributed by atoms with Gasteiger partial charge in [-0.05, 0) is 24.4 Å². The standard InChI is InChI=1S/C17H24N2OS/c1-4-10-18-15(14-8-6-5-7-9-14)16(13(2)3)21-17-19-11-12-20-17/h5-9,11-13,15-16,18H,4,10H2,1-3H3. The summed E-state index contributed by atoms with van der Waals surface area (Å²) in [4.78, 5) is 4.26. The second-order valence-electron chi connectivity index (χ2n) is 5.47. The van der Waals surface area contributed by atoms with Crippen molar-refractivity contribution in [3.8, 4) is 0 Å². The highest BCUT2D eigenvalue weighted by atomic mass is 32.2. The summed E-state index contributed by atoms with van der Waals surface area (Å²) in [7, 11) is 0. The Hall–Kier alpha value is -1.26. The van der Waals surface area contributed by atoms with Gasteiger partial charge in [0.25, 0.3) is 5.22 Å². The number of oxazole rings is 1. The van der Waals surface area contributed by atoms with E-state index in [0.29, 0.717) is 17.2 Å². The van der Waals surface area contributed by atoms with E-state index < -0.39 is 0 Å². The SMILES string of the molecule is CCCNC(c1ccccc1)C(Sc1ncco1)C(C)C. The number of benzene rings is 1. The smallest absolute Gasteiger partial charge is 0.255 e. The van der Waals surface area contributed by atoms with E-state index in [1.54, 1.807) is 24.2 Å². The molecule has 2 atom stereocenters. The molecule has 2 unspecified atom stereocenters. The van der Waals surface area contributed by atoms with Crippen LogP contribution in [0.5, 0.6) is 0 Å². The lowest BCUT2D eigenvalue weighted by atomic mass is 9.96. The van der Waals surface area contributed by atoms with E-state index in [-0.39, 0.29) is 0 Å². The third-order valence-corrected chi connectivity index (χ3v) is 4.90. The second kappa shape index (κ2) is 8.25. The summed E-state index contributed by atoms with van der Waals surface area (Å²) in [6.07, 6.45) is 4.46. The van der Waals surface area contributed by atoms with Gasteiger partial charge in [0.1, 0.15) is 6.26 Å². The first-order valence-electron chi connectivity index (χ1n) is 7.56. The van der Waals surface area contributed by atoms with E-state index in [2.05, 4.69) is 61.4 Å². The highest BCUT2D eigenvalue weighted by molar-refractivity contribution is 7.99. The quantitative estimate of drug-likeness (QED) is 0.727. The molecule has 0 aliphatic rings. The Bertz CT molecular complexity index is 499. The highest BCUT2D eigenvalue weighted by Crippen LogP contribution is 2.36. The summed E-state index contributed by atoms with van der Waals surface area (Å²) in [6.45, 7) is 7.71. The largest absolute Gasteiger partial charge is 0.440 e. The van der Waals surface area contributed by atoms with Crippen molar-refractivity contribution < 1.29 is 4.42 Å². The predicted molar refractivity (Wildman–Crippen MR) is 88.5 cm³/mol. The van der Waals surface area contributed by atoms with Gasteiger partial charge < -0.3 is 9.73 Å². The molecule has 2 rings (SSSR count). The summed E-state index contributed by atoms with van der Waals surface area (Å²) in [5.41, 5.74) is 1.32. The monoisotopic (exact) mass is 304 g/mol. The third-order valence-electron chi connectivity index (χ3n) is 3.41. The number of nitrogens with one attached hydrogen (secondary N) is 1. The minimum absolute atomic E-state index is 0.294. The fourth-order valence-corrected chi connectivity index (χ4v) is 3.49. The van der Waals surface area contributed by atoms with Crippen molar-refractivity contribution in [3.63, 3.8) is 0 Å². The van der Waals surface area contributed by atoms with Crippen molar-refractivity contribution >= 4 is 11.8 Å². The van der Waals surface area contributed by atoms with Crippen molar-refractivity contribution in [1.82, 2.24) is 10.3 Å². The van der Waals surface area contributed by atoms with Crippen LogP contribution in [0.3, 0.4) is 0 Å². The van der Waals surface area contributed by atoms with E-state index in [0.717, 1.165) is 18.2 Å². The molecule has 0 spiro atoms. The molecule has 0 radical (unpaired) electrons. The maximum Gasteiger partial charge on any atom is 0.255 e. The molecule has 114 valence electrons. The molecule has 0 saturated carbocycles. The van der Waals surface area contributed by atoms with Crippen LogP contribution in [-0.4, -0.2) is 16.8 Å². The van der Waals surface area contributed by atoms with Crippen LogP contribution in [0.2, 0.25) is 0 Å². The molecule has 4 heteroatoms. The van der Waals surface area contributed by atoms with Gasteiger partial charge in [0, 0.05) is 11.3 Å². The van der Waals surface area contributed by atoms with Crippen LogP contribution in [0.25, 0.3) is 0 Å². The Balaban J connectivity index is 2.22. The molecule has 1 heterocycles. The Labute approximate surface area is 131 Å². The maximum atomic E-state index is 5.43. The third kappa shape index (κ3) is 4.61. The molecule has 2 aromatic rings. The fourth-order valence-electron chi connectivity index (χ4n) is 2.36. The number of aromatic nitrogens is 1. The molecule has 0 saturated heterocycles. The minimum Gasteiger partial charge on any atom is -0.440 e. The zero-order valence-corrected chi connectivity index (χ0v) is 13.8. The molecular formula is C17H24N2OS. The number of thioether (sulfide) groups is 1. The Morgan fingerprint density at radius 3 is 2.57 bits per heavy atom. The average Bonchev–Trinajstić information content (AvgIpc) is 3.00. The van der Waals surface area contributed by atoms with Crippen LogP contribution >= 0.6 is 11.8 Å². The van der Waals surface area contributed by atoms with Crippen LogP contribution in [0.15, 0.2) is 52.4 Å². The topological polar surface area (TPSA) is 38.1 Å². The average molecular weight is 304 g/mol. The zero-order valence-electron chi connectivity index (χ0n) is 13.0. The second-order valence-corrected chi connectivity index (χ2v) is 6.60. The molecule has 0 amide bonds. The van der Waals surface area contributed by atoms with Gasteiger partial charge in [0.2, 0.25) is 0 Å². The van der Waals surface area contributed by atoms with Crippen LogP contribution in [-0.2, 0) is 0 Å². The Kier molecular flexibility index (Phi) is 6.33. The predicted octanol–water partition coefficient (Wildman–Crippen LogP) is 4.53. The molecule has 0 bridgehead atoms. The van der Waals surface area contributed by atoms with Gasteiger partial charge in [-0.3, -0.25) is 0 Å². The lowest BCUT2D eigenvalue weighted by Gasteiger charge is -2.30. The van der Waals surface area contributed by atoms with Gasteiger partial charge in [0.05, 0.1) is 6.20 Å². The van der Waals surface area contributed by atoms with Gasteiger partial charge in [-0.15, -0.1) is 0 Å². The van der Waals surface area contributed by atoms with Crippen LogP contribution in [0.1, 0.15) is 38.8 Å². The van der Waals surface area contributed by atoms with Gasteiger partial charge in [-0.2, -0.15) is 0 Å². The summed E-state index contributed by atoms with van der Waals surface area (Å²) in [6, 6.07) is 10.9. The van der Waals surface area contributed by atoms with Crippen molar-refractivity contribution in [2.45, 2.75) is 43.7 Å².